The van der Waals surface area contributed by atoms with Gasteiger partial charge in [0.15, 0.2) is 11.5 Å². The van der Waals surface area contributed by atoms with E-state index in [9.17, 15) is 14.4 Å². The summed E-state index contributed by atoms with van der Waals surface area (Å²) >= 11 is 1.27. The SMILES string of the molecule is COc1ccccc1NC(=O)C(=O)NN=C(C)c1ccc(OC(=O)c2cccs2)c(OC)c1. The lowest BCUT2D eigenvalue weighted by atomic mass is 10.1. The van der Waals surface area contributed by atoms with E-state index in [-0.39, 0.29) is 5.75 Å². The third-order valence-corrected chi connectivity index (χ3v) is 5.24. The zero-order chi connectivity index (χ0) is 23.8. The van der Waals surface area contributed by atoms with Gasteiger partial charge in [-0.2, -0.15) is 5.10 Å². The number of ether oxygens (including phenoxy) is 3. The lowest BCUT2D eigenvalue weighted by Gasteiger charge is -2.11. The summed E-state index contributed by atoms with van der Waals surface area (Å²) in [6, 6.07) is 15.0. The van der Waals surface area contributed by atoms with Crippen LogP contribution in [0.15, 0.2) is 65.1 Å². The molecule has 0 unspecified atom stereocenters. The molecule has 0 saturated carbocycles. The minimum atomic E-state index is -0.950. The number of methoxy groups -OCH3 is 2. The van der Waals surface area contributed by atoms with Crippen LogP contribution in [0.3, 0.4) is 0 Å². The maximum absolute atomic E-state index is 12.2. The number of carbonyl (C=O) groups excluding carboxylic acids is 3. The molecule has 2 amide bonds. The molecule has 0 bridgehead atoms. The Morgan fingerprint density at radius 2 is 1.64 bits per heavy atom. The Kier molecular flexibility index (Phi) is 7.77. The highest BCUT2D eigenvalue weighted by Crippen LogP contribution is 2.29. The Balaban J connectivity index is 1.66. The van der Waals surface area contributed by atoms with Gasteiger partial charge in [-0.15, -0.1) is 11.3 Å². The molecule has 170 valence electrons. The molecule has 2 aromatic carbocycles. The number of anilines is 1. The first-order valence-corrected chi connectivity index (χ1v) is 10.5. The maximum atomic E-state index is 12.2. The summed E-state index contributed by atoms with van der Waals surface area (Å²) in [5, 5.41) is 8.22. The van der Waals surface area contributed by atoms with Gasteiger partial charge in [-0.3, -0.25) is 9.59 Å². The molecule has 33 heavy (non-hydrogen) atoms. The molecule has 2 N–H and O–H groups in total. The van der Waals surface area contributed by atoms with Gasteiger partial charge in [0.1, 0.15) is 10.6 Å². The number of hydrogen-bond acceptors (Lipinski definition) is 8. The molecule has 9 nitrogen and oxygen atoms in total. The van der Waals surface area contributed by atoms with Crippen molar-refractivity contribution >= 4 is 40.5 Å². The van der Waals surface area contributed by atoms with Crippen LogP contribution in [0.4, 0.5) is 5.69 Å². The van der Waals surface area contributed by atoms with E-state index >= 15 is 0 Å². The number of rotatable bonds is 7. The molecule has 0 radical (unpaired) electrons. The fourth-order valence-electron chi connectivity index (χ4n) is 2.70. The first kappa shape index (κ1) is 23.5. The molecule has 0 saturated heterocycles. The third-order valence-electron chi connectivity index (χ3n) is 4.39. The topological polar surface area (TPSA) is 115 Å². The van der Waals surface area contributed by atoms with Crippen LogP contribution >= 0.6 is 11.3 Å². The zero-order valence-electron chi connectivity index (χ0n) is 18.1. The van der Waals surface area contributed by atoms with Gasteiger partial charge >= 0.3 is 17.8 Å². The number of benzene rings is 2. The summed E-state index contributed by atoms with van der Waals surface area (Å²) in [7, 11) is 2.90. The summed E-state index contributed by atoms with van der Waals surface area (Å²) in [4.78, 5) is 37.0. The normalized spacial score (nSPS) is 10.8. The van der Waals surface area contributed by atoms with Crippen LogP contribution in [-0.4, -0.2) is 37.7 Å². The molecular formula is C23H21N3O6S. The lowest BCUT2D eigenvalue weighted by Crippen LogP contribution is -2.33. The van der Waals surface area contributed by atoms with E-state index < -0.39 is 17.8 Å². The van der Waals surface area contributed by atoms with Crippen molar-refractivity contribution in [3.8, 4) is 17.2 Å². The molecule has 0 spiro atoms. The Morgan fingerprint density at radius 3 is 2.33 bits per heavy atom. The van der Waals surface area contributed by atoms with Crippen molar-refractivity contribution in [2.45, 2.75) is 6.92 Å². The van der Waals surface area contributed by atoms with Gasteiger partial charge in [0.25, 0.3) is 0 Å². The molecule has 0 aliphatic rings. The van der Waals surface area contributed by atoms with E-state index in [1.165, 1.54) is 25.6 Å². The van der Waals surface area contributed by atoms with E-state index in [4.69, 9.17) is 14.2 Å². The molecule has 3 aromatic rings. The number of esters is 1. The van der Waals surface area contributed by atoms with Crippen LogP contribution in [0.25, 0.3) is 0 Å². The summed E-state index contributed by atoms with van der Waals surface area (Å²) in [6.45, 7) is 1.64. The number of hydrogen-bond donors (Lipinski definition) is 2. The quantitative estimate of drug-likeness (QED) is 0.181. The van der Waals surface area contributed by atoms with Crippen LogP contribution in [0.1, 0.15) is 22.2 Å². The molecule has 1 heterocycles. The van der Waals surface area contributed by atoms with Crippen LogP contribution in [0.2, 0.25) is 0 Å². The van der Waals surface area contributed by atoms with Crippen molar-refractivity contribution < 1.29 is 28.6 Å². The summed E-state index contributed by atoms with van der Waals surface area (Å²) < 4.78 is 15.9. The molecule has 0 aliphatic carbocycles. The van der Waals surface area contributed by atoms with Crippen molar-refractivity contribution in [1.82, 2.24) is 5.43 Å². The largest absolute Gasteiger partial charge is 0.495 e. The van der Waals surface area contributed by atoms with Crippen molar-refractivity contribution in [3.05, 3.63) is 70.4 Å². The third kappa shape index (κ3) is 5.95. The number of para-hydroxylation sites is 2. The van der Waals surface area contributed by atoms with Crippen LogP contribution in [-0.2, 0) is 9.59 Å². The van der Waals surface area contributed by atoms with Crippen molar-refractivity contribution in [3.63, 3.8) is 0 Å². The van der Waals surface area contributed by atoms with Crippen LogP contribution < -0.4 is 25.0 Å². The van der Waals surface area contributed by atoms with Gasteiger partial charge in [-0.25, -0.2) is 10.2 Å². The zero-order valence-corrected chi connectivity index (χ0v) is 18.9. The summed E-state index contributed by atoms with van der Waals surface area (Å²) in [5.41, 5.74) is 3.57. The average Bonchev–Trinajstić information content (AvgIpc) is 3.38. The van der Waals surface area contributed by atoms with Crippen LogP contribution in [0.5, 0.6) is 17.2 Å². The predicted octanol–water partition coefficient (Wildman–Crippen LogP) is 3.46. The fourth-order valence-corrected chi connectivity index (χ4v) is 3.30. The number of amides is 2. The first-order valence-electron chi connectivity index (χ1n) is 9.65. The average molecular weight is 468 g/mol. The van der Waals surface area contributed by atoms with Gasteiger partial charge in [-0.05, 0) is 48.7 Å². The standard InChI is InChI=1S/C23H21N3O6S/c1-14(25-26-22(28)21(27)24-16-7-4-5-8-17(16)30-2)15-10-11-18(19(13-15)31-3)32-23(29)20-9-6-12-33-20/h4-13H,1-3H3,(H,24,27)(H,26,28). The maximum Gasteiger partial charge on any atom is 0.353 e. The van der Waals surface area contributed by atoms with Gasteiger partial charge in [0.05, 0.1) is 25.6 Å². The summed E-state index contributed by atoms with van der Waals surface area (Å²) in [5.74, 6) is -1.36. The predicted molar refractivity (Wildman–Crippen MR) is 124 cm³/mol. The first-order chi connectivity index (χ1) is 15.9. The van der Waals surface area contributed by atoms with Gasteiger partial charge < -0.3 is 19.5 Å². The van der Waals surface area contributed by atoms with E-state index in [2.05, 4.69) is 15.8 Å². The number of nitrogens with one attached hydrogen (secondary N) is 2. The van der Waals surface area contributed by atoms with Crippen molar-refractivity contribution in [2.75, 3.05) is 19.5 Å². The second-order valence-electron chi connectivity index (χ2n) is 6.53. The Hall–Kier alpha value is -4.18. The second kappa shape index (κ2) is 10.9. The lowest BCUT2D eigenvalue weighted by molar-refractivity contribution is -0.136. The van der Waals surface area contributed by atoms with E-state index in [1.54, 1.807) is 66.9 Å². The van der Waals surface area contributed by atoms with Gasteiger partial charge in [0.2, 0.25) is 0 Å². The van der Waals surface area contributed by atoms with Gasteiger partial charge in [-0.1, -0.05) is 18.2 Å². The number of thiophene rings is 1. The molecule has 0 fully saturated rings. The molecule has 1 aromatic heterocycles. The van der Waals surface area contributed by atoms with Crippen LogP contribution in [0, 0.1) is 0 Å². The molecule has 10 heteroatoms. The summed E-state index contributed by atoms with van der Waals surface area (Å²) in [6.07, 6.45) is 0. The Labute approximate surface area is 194 Å². The second-order valence-corrected chi connectivity index (χ2v) is 7.47. The molecule has 3 rings (SSSR count). The highest BCUT2D eigenvalue weighted by Gasteiger charge is 2.17. The Morgan fingerprint density at radius 1 is 0.879 bits per heavy atom. The monoisotopic (exact) mass is 467 g/mol. The van der Waals surface area contributed by atoms with E-state index in [0.717, 1.165) is 0 Å². The minimum absolute atomic E-state index is 0.243. The van der Waals surface area contributed by atoms with Crippen molar-refractivity contribution in [2.24, 2.45) is 5.10 Å². The smallest absolute Gasteiger partial charge is 0.353 e. The molecule has 0 aliphatic heterocycles. The molecule has 0 atom stereocenters. The van der Waals surface area contributed by atoms with Gasteiger partial charge in [0, 0.05) is 5.56 Å². The Bertz CT molecular complexity index is 1190. The minimum Gasteiger partial charge on any atom is -0.495 e. The highest BCUT2D eigenvalue weighted by atomic mass is 32.1. The van der Waals surface area contributed by atoms with Crippen molar-refractivity contribution in [1.29, 1.82) is 0 Å². The fraction of sp³-hybridized carbons (Fsp3) is 0.130. The number of hydrazone groups is 1. The molecular weight excluding hydrogens is 446 g/mol. The van der Waals surface area contributed by atoms with E-state index in [1.807, 2.05) is 0 Å². The highest BCUT2D eigenvalue weighted by molar-refractivity contribution is 7.12. The van der Waals surface area contributed by atoms with E-state index in [0.29, 0.717) is 33.3 Å². The number of nitrogens with zero attached hydrogens (tertiary/aromatic N) is 1. The number of carbonyl (C=O) groups is 3.